The van der Waals surface area contributed by atoms with E-state index in [1.165, 1.54) is 17.0 Å². The molecule has 1 aliphatic rings. The van der Waals surface area contributed by atoms with Crippen molar-refractivity contribution in [3.8, 4) is 5.69 Å². The number of amides is 2. The fraction of sp³-hybridized carbons (Fsp3) is 0.320. The second-order valence-electron chi connectivity index (χ2n) is 8.62. The standard InChI is InChI=1S/C25H26F3N5O2/c1-17-14-33(16-29-17)23-12-21(25(26,27)28)11-22(13-23)30-24(35)20-5-3-19(4-6-20)15-31-7-9-32(10-8-31)18(2)34/h3-6,11-14,16H,7-10,15H2,1-2H3,(H,30,35). The minimum Gasteiger partial charge on any atom is -0.340 e. The molecule has 1 fully saturated rings. The highest BCUT2D eigenvalue weighted by molar-refractivity contribution is 6.04. The van der Waals surface area contributed by atoms with Crippen LogP contribution in [0, 0.1) is 6.92 Å². The van der Waals surface area contributed by atoms with Gasteiger partial charge < -0.3 is 14.8 Å². The molecule has 1 N–H and O–H groups in total. The molecule has 2 amide bonds. The van der Waals surface area contributed by atoms with Gasteiger partial charge in [-0.3, -0.25) is 14.5 Å². The van der Waals surface area contributed by atoms with Gasteiger partial charge in [0.05, 0.1) is 17.6 Å². The van der Waals surface area contributed by atoms with Crippen molar-refractivity contribution < 1.29 is 22.8 Å². The highest BCUT2D eigenvalue weighted by Crippen LogP contribution is 2.33. The molecule has 0 unspecified atom stereocenters. The maximum Gasteiger partial charge on any atom is 0.416 e. The van der Waals surface area contributed by atoms with Gasteiger partial charge in [-0.1, -0.05) is 12.1 Å². The van der Waals surface area contributed by atoms with E-state index in [2.05, 4.69) is 15.2 Å². The van der Waals surface area contributed by atoms with Gasteiger partial charge in [-0.2, -0.15) is 13.2 Å². The number of carbonyl (C=O) groups is 2. The van der Waals surface area contributed by atoms with Gasteiger partial charge in [-0.25, -0.2) is 4.98 Å². The van der Waals surface area contributed by atoms with Gasteiger partial charge >= 0.3 is 6.18 Å². The van der Waals surface area contributed by atoms with Crippen molar-refractivity contribution in [1.29, 1.82) is 0 Å². The summed E-state index contributed by atoms with van der Waals surface area (Å²) < 4.78 is 41.9. The zero-order valence-corrected chi connectivity index (χ0v) is 19.5. The number of benzene rings is 2. The van der Waals surface area contributed by atoms with E-state index in [9.17, 15) is 22.8 Å². The van der Waals surface area contributed by atoms with Crippen LogP contribution in [0.1, 0.15) is 34.1 Å². The first-order chi connectivity index (χ1) is 16.6. The highest BCUT2D eigenvalue weighted by Gasteiger charge is 2.31. The molecule has 0 atom stereocenters. The summed E-state index contributed by atoms with van der Waals surface area (Å²) in [7, 11) is 0. The second kappa shape index (κ2) is 9.91. The first-order valence-electron chi connectivity index (χ1n) is 11.2. The zero-order valence-electron chi connectivity index (χ0n) is 19.5. The van der Waals surface area contributed by atoms with Gasteiger partial charge in [0.1, 0.15) is 0 Å². The average molecular weight is 486 g/mol. The van der Waals surface area contributed by atoms with Gasteiger partial charge in [-0.05, 0) is 42.8 Å². The van der Waals surface area contributed by atoms with E-state index < -0.39 is 17.6 Å². The van der Waals surface area contributed by atoms with Crippen molar-refractivity contribution >= 4 is 17.5 Å². The second-order valence-corrected chi connectivity index (χ2v) is 8.62. The molecule has 35 heavy (non-hydrogen) atoms. The van der Waals surface area contributed by atoms with Gasteiger partial charge in [0.2, 0.25) is 5.91 Å². The van der Waals surface area contributed by atoms with Crippen LogP contribution in [0.15, 0.2) is 55.0 Å². The third-order valence-corrected chi connectivity index (χ3v) is 5.95. The maximum absolute atomic E-state index is 13.5. The summed E-state index contributed by atoms with van der Waals surface area (Å²) >= 11 is 0. The van der Waals surface area contributed by atoms with E-state index in [1.54, 1.807) is 32.2 Å². The number of anilines is 1. The first-order valence-corrected chi connectivity index (χ1v) is 11.2. The van der Waals surface area contributed by atoms with Crippen LogP contribution in [-0.2, 0) is 17.5 Å². The molecule has 0 radical (unpaired) electrons. The Kier molecular flexibility index (Phi) is 6.93. The third-order valence-electron chi connectivity index (χ3n) is 5.95. The topological polar surface area (TPSA) is 70.5 Å². The molecule has 184 valence electrons. The van der Waals surface area contributed by atoms with Gasteiger partial charge in [0, 0.05) is 62.8 Å². The fourth-order valence-corrected chi connectivity index (χ4v) is 4.00. The Morgan fingerprint density at radius 1 is 1.03 bits per heavy atom. The summed E-state index contributed by atoms with van der Waals surface area (Å²) in [6.07, 6.45) is -1.53. The van der Waals surface area contributed by atoms with Crippen molar-refractivity contribution in [2.24, 2.45) is 0 Å². The number of piperazine rings is 1. The number of nitrogens with zero attached hydrogens (tertiary/aromatic N) is 4. The van der Waals surface area contributed by atoms with Crippen LogP contribution >= 0.6 is 0 Å². The van der Waals surface area contributed by atoms with E-state index in [1.807, 2.05) is 17.0 Å². The molecule has 0 saturated carbocycles. The minimum atomic E-state index is -4.57. The van der Waals surface area contributed by atoms with Crippen LogP contribution in [0.4, 0.5) is 18.9 Å². The number of aromatic nitrogens is 2. The lowest BCUT2D eigenvalue weighted by atomic mass is 10.1. The number of alkyl halides is 3. The van der Waals surface area contributed by atoms with E-state index in [0.717, 1.165) is 30.8 Å². The van der Waals surface area contributed by atoms with Crippen molar-refractivity contribution in [2.45, 2.75) is 26.6 Å². The number of hydrogen-bond acceptors (Lipinski definition) is 4. The predicted octanol–water partition coefficient (Wildman–Crippen LogP) is 4.12. The van der Waals surface area contributed by atoms with Crippen LogP contribution in [-0.4, -0.2) is 57.3 Å². The lowest BCUT2D eigenvalue weighted by Gasteiger charge is -2.34. The fourth-order valence-electron chi connectivity index (χ4n) is 4.00. The minimum absolute atomic E-state index is 0.0404. The SMILES string of the molecule is CC(=O)N1CCN(Cc2ccc(C(=O)Nc3cc(-n4cnc(C)c4)cc(C(F)(F)F)c3)cc2)CC1. The molecule has 7 nitrogen and oxygen atoms in total. The molecule has 3 aromatic rings. The van der Waals surface area contributed by atoms with E-state index in [4.69, 9.17) is 0 Å². The normalized spacial score (nSPS) is 14.7. The van der Waals surface area contributed by atoms with Crippen LogP contribution in [0.2, 0.25) is 0 Å². The monoisotopic (exact) mass is 485 g/mol. The summed E-state index contributed by atoms with van der Waals surface area (Å²) in [5.41, 5.74) is 1.43. The Hall–Kier alpha value is -3.66. The van der Waals surface area contributed by atoms with Gasteiger partial charge in [0.25, 0.3) is 5.91 Å². The highest BCUT2D eigenvalue weighted by atomic mass is 19.4. The number of carbonyl (C=O) groups excluding carboxylic acids is 2. The van der Waals surface area contributed by atoms with Gasteiger partial charge in [0.15, 0.2) is 0 Å². The van der Waals surface area contributed by atoms with Crippen molar-refractivity contribution in [3.63, 3.8) is 0 Å². The number of aryl methyl sites for hydroxylation is 1. The maximum atomic E-state index is 13.5. The molecule has 1 aliphatic heterocycles. The molecule has 1 aromatic heterocycles. The summed E-state index contributed by atoms with van der Waals surface area (Å²) in [4.78, 5) is 32.3. The first kappa shape index (κ1) is 24.5. The Morgan fingerprint density at radius 3 is 2.29 bits per heavy atom. The van der Waals surface area contributed by atoms with E-state index in [-0.39, 0.29) is 17.3 Å². The molecular formula is C25H26F3N5O2. The van der Waals surface area contributed by atoms with Crippen LogP contribution in [0.3, 0.4) is 0 Å². The van der Waals surface area contributed by atoms with Crippen LogP contribution in [0.5, 0.6) is 0 Å². The summed E-state index contributed by atoms with van der Waals surface area (Å²) in [5.74, 6) is -0.424. The largest absolute Gasteiger partial charge is 0.416 e. The number of rotatable bonds is 5. The van der Waals surface area contributed by atoms with Crippen LogP contribution in [0.25, 0.3) is 5.69 Å². The summed E-state index contributed by atoms with van der Waals surface area (Å²) in [6.45, 7) is 6.92. The molecule has 0 aliphatic carbocycles. The Morgan fingerprint density at radius 2 is 1.71 bits per heavy atom. The Bertz CT molecular complexity index is 1210. The molecule has 2 aromatic carbocycles. The number of hydrogen-bond donors (Lipinski definition) is 1. The molecule has 2 heterocycles. The number of halogens is 3. The predicted molar refractivity (Wildman–Crippen MR) is 125 cm³/mol. The Balaban J connectivity index is 1.45. The van der Waals surface area contributed by atoms with Crippen molar-refractivity contribution in [1.82, 2.24) is 19.4 Å². The quantitative estimate of drug-likeness (QED) is 0.591. The van der Waals surface area contributed by atoms with Crippen molar-refractivity contribution in [3.05, 3.63) is 77.4 Å². The number of imidazole rings is 1. The smallest absolute Gasteiger partial charge is 0.340 e. The lowest BCUT2D eigenvalue weighted by Crippen LogP contribution is -2.47. The van der Waals surface area contributed by atoms with Crippen molar-refractivity contribution in [2.75, 3.05) is 31.5 Å². The van der Waals surface area contributed by atoms with E-state index >= 15 is 0 Å². The summed E-state index contributed by atoms with van der Waals surface area (Å²) in [5, 5.41) is 2.58. The molecule has 1 saturated heterocycles. The molecule has 10 heteroatoms. The molecule has 0 bridgehead atoms. The Labute approximate surface area is 201 Å². The van der Waals surface area contributed by atoms with E-state index in [0.29, 0.717) is 30.9 Å². The zero-order chi connectivity index (χ0) is 25.2. The van der Waals surface area contributed by atoms with Crippen LogP contribution < -0.4 is 5.32 Å². The molecule has 4 rings (SSSR count). The number of nitrogens with one attached hydrogen (secondary N) is 1. The molecule has 0 spiro atoms. The third kappa shape index (κ3) is 6.07. The average Bonchev–Trinajstić information content (AvgIpc) is 3.25. The van der Waals surface area contributed by atoms with Gasteiger partial charge in [-0.15, -0.1) is 0 Å². The molecular weight excluding hydrogens is 459 g/mol. The summed E-state index contributed by atoms with van der Waals surface area (Å²) in [6, 6.07) is 10.4. The lowest BCUT2D eigenvalue weighted by molar-refractivity contribution is -0.137.